The van der Waals surface area contributed by atoms with Crippen LogP contribution in [0.3, 0.4) is 0 Å². The maximum absolute atomic E-state index is 11.1. The lowest BCUT2D eigenvalue weighted by Gasteiger charge is -2.19. The van der Waals surface area contributed by atoms with Gasteiger partial charge in [0.2, 0.25) is 5.69 Å². The minimum atomic E-state index is -2.93. The molecule has 0 aliphatic carbocycles. The monoisotopic (exact) mass is 273 g/mol. The zero-order valence-corrected chi connectivity index (χ0v) is 11.5. The topological polar surface area (TPSA) is 67.8 Å². The molecule has 1 amide bonds. The van der Waals surface area contributed by atoms with Crippen molar-refractivity contribution in [3.8, 4) is 0 Å². The van der Waals surface area contributed by atoms with Gasteiger partial charge in [0.25, 0.3) is 0 Å². The number of ether oxygens (including phenoxy) is 1. The summed E-state index contributed by atoms with van der Waals surface area (Å²) in [4.78, 5) is 20.1. The van der Waals surface area contributed by atoms with E-state index in [9.17, 15) is 4.79 Å². The molecule has 15 heavy (non-hydrogen) atoms. The molecule has 0 rings (SSSR count). The molecule has 90 valence electrons. The number of carbonyl (C=O) groups is 1. The van der Waals surface area contributed by atoms with E-state index in [1.807, 2.05) is 0 Å². The molecular weight excluding hydrogens is 257 g/mol. The van der Waals surface area contributed by atoms with E-state index in [-0.39, 0.29) is 13.2 Å². The zero-order chi connectivity index (χ0) is 12.1. The number of alkyl carbamates (subject to hydrolysis) is 1. The molecule has 0 fully saturated rings. The molecule has 0 aromatic rings. The number of carbonyl (C=O) groups excluding carboxylic acids is 1. The standard InChI is InChI=1S/C7H16NO4PS2/c1-7(2,3)12-6(9)8-4-5-11-13(10,14)15/h4-5H2,1-3H3,(H,8,9)(H2,10,14,15). The number of hydrogen-bond acceptors (Lipinski definition) is 4. The Balaban J connectivity index is 3.61. The Hall–Kier alpha value is 0.190. The van der Waals surface area contributed by atoms with Gasteiger partial charge in [-0.15, -0.1) is 0 Å². The summed E-state index contributed by atoms with van der Waals surface area (Å²) in [7, 11) is 0. The number of hydrogen-bond donors (Lipinski definition) is 3. The fourth-order valence-corrected chi connectivity index (χ4v) is 1.43. The second kappa shape index (κ2) is 6.06. The first kappa shape index (κ1) is 15.2. The Kier molecular flexibility index (Phi) is 6.13. The van der Waals surface area contributed by atoms with Crippen LogP contribution in [0.1, 0.15) is 20.8 Å². The molecule has 0 aromatic carbocycles. The molecular formula is C7H16NO4PS2. The van der Waals surface area contributed by atoms with E-state index in [2.05, 4.69) is 29.4 Å². The molecule has 0 saturated heterocycles. The molecule has 0 spiro atoms. The van der Waals surface area contributed by atoms with Crippen LogP contribution in [-0.4, -0.2) is 29.7 Å². The van der Waals surface area contributed by atoms with Crippen LogP contribution in [0.5, 0.6) is 0 Å². The van der Waals surface area contributed by atoms with Crippen molar-refractivity contribution in [2.24, 2.45) is 0 Å². The Morgan fingerprint density at radius 1 is 1.60 bits per heavy atom. The van der Waals surface area contributed by atoms with Crippen LogP contribution < -0.4 is 5.32 Å². The van der Waals surface area contributed by atoms with Gasteiger partial charge < -0.3 is 19.5 Å². The van der Waals surface area contributed by atoms with Gasteiger partial charge in [0.05, 0.1) is 6.61 Å². The molecule has 1 atom stereocenters. The first-order valence-electron chi connectivity index (χ1n) is 4.27. The molecule has 0 aromatic heterocycles. The highest BCUT2D eigenvalue weighted by Crippen LogP contribution is 2.46. The van der Waals surface area contributed by atoms with Gasteiger partial charge in [-0.2, -0.15) is 0 Å². The molecule has 0 aliphatic rings. The minimum Gasteiger partial charge on any atom is -0.444 e. The predicted octanol–water partition coefficient (Wildman–Crippen LogP) is 1.67. The largest absolute Gasteiger partial charge is 0.444 e. The van der Waals surface area contributed by atoms with E-state index in [1.54, 1.807) is 20.8 Å². The Bertz CT molecular complexity index is 260. The zero-order valence-electron chi connectivity index (χ0n) is 8.89. The van der Waals surface area contributed by atoms with E-state index < -0.39 is 17.4 Å². The van der Waals surface area contributed by atoms with Crippen molar-refractivity contribution >= 4 is 35.8 Å². The third-order valence-electron chi connectivity index (χ3n) is 1.03. The van der Waals surface area contributed by atoms with Crippen LogP contribution in [0, 0.1) is 0 Å². The second-order valence-corrected chi connectivity index (χ2v) is 8.92. The van der Waals surface area contributed by atoms with Gasteiger partial charge in [-0.05, 0) is 32.6 Å². The van der Waals surface area contributed by atoms with Crippen molar-refractivity contribution in [3.63, 3.8) is 0 Å². The summed E-state index contributed by atoms with van der Waals surface area (Å²) in [5.41, 5.74) is -3.46. The number of rotatable bonds is 4. The molecule has 0 unspecified atom stereocenters. The van der Waals surface area contributed by atoms with Crippen LogP contribution in [0.2, 0.25) is 0 Å². The van der Waals surface area contributed by atoms with Crippen molar-refractivity contribution in [1.82, 2.24) is 5.32 Å². The predicted molar refractivity (Wildman–Crippen MR) is 65.7 cm³/mol. The number of thiol groups is 1. The van der Waals surface area contributed by atoms with E-state index in [1.165, 1.54) is 0 Å². The minimum absolute atomic E-state index is 0.108. The SMILES string of the molecule is CC(C)(C)OC(=O)NCCO[P@](O)(=S)S. The van der Waals surface area contributed by atoms with Crippen LogP contribution >= 0.6 is 17.9 Å². The maximum atomic E-state index is 11.1. The van der Waals surface area contributed by atoms with Crippen molar-refractivity contribution in [1.29, 1.82) is 0 Å². The first-order valence-corrected chi connectivity index (χ1v) is 8.10. The second-order valence-electron chi connectivity index (χ2n) is 3.75. The Morgan fingerprint density at radius 3 is 2.53 bits per heavy atom. The van der Waals surface area contributed by atoms with Gasteiger partial charge >= 0.3 is 6.09 Å². The fraction of sp³-hybridized carbons (Fsp3) is 0.857. The summed E-state index contributed by atoms with van der Waals surface area (Å²) in [6.07, 6.45) is -0.531. The summed E-state index contributed by atoms with van der Waals surface area (Å²) in [5, 5.41) is 2.45. The van der Waals surface area contributed by atoms with Crippen LogP contribution in [0.4, 0.5) is 4.79 Å². The molecule has 0 aliphatic heterocycles. The van der Waals surface area contributed by atoms with Crippen molar-refractivity contribution in [3.05, 3.63) is 0 Å². The highest BCUT2D eigenvalue weighted by molar-refractivity contribution is 8.59. The summed E-state index contributed by atoms with van der Waals surface area (Å²) in [6.45, 7) is 5.63. The molecule has 0 saturated carbocycles. The van der Waals surface area contributed by atoms with Gasteiger partial charge in [0, 0.05) is 6.54 Å². The van der Waals surface area contributed by atoms with Gasteiger partial charge in [0.15, 0.2) is 0 Å². The van der Waals surface area contributed by atoms with E-state index in [4.69, 9.17) is 14.2 Å². The van der Waals surface area contributed by atoms with Crippen LogP contribution in [0.25, 0.3) is 0 Å². The summed E-state index contributed by atoms with van der Waals surface area (Å²) < 4.78 is 9.75. The van der Waals surface area contributed by atoms with Crippen molar-refractivity contribution in [2.45, 2.75) is 26.4 Å². The maximum Gasteiger partial charge on any atom is 0.407 e. The fourth-order valence-electron chi connectivity index (χ4n) is 0.632. The molecule has 0 bridgehead atoms. The molecule has 0 radical (unpaired) electrons. The number of amides is 1. The first-order chi connectivity index (χ1) is 6.60. The van der Waals surface area contributed by atoms with E-state index in [0.29, 0.717) is 0 Å². The quantitative estimate of drug-likeness (QED) is 0.413. The number of nitrogens with one attached hydrogen (secondary N) is 1. The van der Waals surface area contributed by atoms with Gasteiger partial charge in [-0.1, -0.05) is 12.2 Å². The average molecular weight is 273 g/mol. The Morgan fingerprint density at radius 2 is 2.13 bits per heavy atom. The molecule has 2 N–H and O–H groups in total. The summed E-state index contributed by atoms with van der Waals surface area (Å²) in [5.74, 6) is 0. The van der Waals surface area contributed by atoms with E-state index in [0.717, 1.165) is 0 Å². The highest BCUT2D eigenvalue weighted by Gasteiger charge is 2.15. The van der Waals surface area contributed by atoms with E-state index >= 15 is 0 Å². The summed E-state index contributed by atoms with van der Waals surface area (Å²) in [6, 6.07) is 0. The highest BCUT2D eigenvalue weighted by atomic mass is 32.9. The van der Waals surface area contributed by atoms with Gasteiger partial charge in [-0.25, -0.2) is 4.79 Å². The average Bonchev–Trinajstić information content (AvgIpc) is 1.92. The third-order valence-corrected chi connectivity index (χ3v) is 2.21. The van der Waals surface area contributed by atoms with Gasteiger partial charge in [0.1, 0.15) is 5.60 Å². The van der Waals surface area contributed by atoms with Crippen LogP contribution in [-0.2, 0) is 21.1 Å². The molecule has 5 nitrogen and oxygen atoms in total. The lowest BCUT2D eigenvalue weighted by atomic mass is 10.2. The van der Waals surface area contributed by atoms with Crippen LogP contribution in [0.15, 0.2) is 0 Å². The van der Waals surface area contributed by atoms with Gasteiger partial charge in [-0.3, -0.25) is 0 Å². The smallest absolute Gasteiger partial charge is 0.407 e. The lowest BCUT2D eigenvalue weighted by Crippen LogP contribution is -2.34. The van der Waals surface area contributed by atoms with Crippen molar-refractivity contribution < 1.29 is 18.9 Å². The van der Waals surface area contributed by atoms with Crippen molar-refractivity contribution in [2.75, 3.05) is 13.2 Å². The Labute approximate surface area is 99.9 Å². The third kappa shape index (κ3) is 12.1. The molecule has 0 heterocycles. The normalized spacial score (nSPS) is 15.5. The molecule has 8 heteroatoms. The summed E-state index contributed by atoms with van der Waals surface area (Å²) >= 11 is 8.18. The lowest BCUT2D eigenvalue weighted by molar-refractivity contribution is 0.0520.